The van der Waals surface area contributed by atoms with Crippen LogP contribution in [0.4, 0.5) is 25.2 Å². The van der Waals surface area contributed by atoms with Crippen molar-refractivity contribution in [3.8, 4) is 0 Å². The molecule has 2 aliphatic rings. The third-order valence-corrected chi connectivity index (χ3v) is 8.97. The monoisotopic (exact) mass is 483 g/mol. The van der Waals surface area contributed by atoms with Gasteiger partial charge in [-0.15, -0.1) is 0 Å². The number of allylic oxidation sites excluding steroid dienone is 3. The topological polar surface area (TPSA) is 3.88 Å². The minimum atomic E-state index is -10.7. The van der Waals surface area contributed by atoms with Gasteiger partial charge in [0.15, 0.2) is 12.4 Å². The minimum absolute atomic E-state index is 1.32. The Morgan fingerprint density at radius 1 is 0.704 bits per heavy atom. The van der Waals surface area contributed by atoms with Gasteiger partial charge in [-0.25, -0.2) is 4.57 Å². The average Bonchev–Trinajstić information content (AvgIpc) is 3.00. The van der Waals surface area contributed by atoms with E-state index in [9.17, 15) is 25.2 Å². The molecule has 1 aromatic heterocycles. The summed E-state index contributed by atoms with van der Waals surface area (Å²) in [5, 5.41) is 0. The van der Waals surface area contributed by atoms with Crippen molar-refractivity contribution in [2.75, 3.05) is 0 Å². The van der Waals surface area contributed by atoms with Gasteiger partial charge in [0, 0.05) is 27.5 Å². The van der Waals surface area contributed by atoms with E-state index in [-0.39, 0.29) is 0 Å². The maximum absolute atomic E-state index is 10.7. The van der Waals surface area contributed by atoms with Gasteiger partial charge in [-0.1, -0.05) is 47.0 Å². The average molecular weight is 484 g/mol. The fourth-order valence-electron chi connectivity index (χ4n) is 1.89. The molecule has 0 aliphatic carbocycles. The van der Waals surface area contributed by atoms with Gasteiger partial charge in [-0.05, 0) is 30.6 Å². The van der Waals surface area contributed by atoms with Crippen molar-refractivity contribution in [1.82, 2.24) is 0 Å². The molecule has 0 saturated heterocycles. The number of hydrogen-bond acceptors (Lipinski definition) is 4. The first kappa shape index (κ1) is 23.1. The number of aromatic nitrogens is 1. The van der Waals surface area contributed by atoms with Crippen LogP contribution >= 0.6 is 54.9 Å². The molecule has 0 spiro atoms. The first-order valence-corrected chi connectivity index (χ1v) is 12.6. The molecule has 0 N–H and O–H groups in total. The quantitative estimate of drug-likeness (QED) is 0.223. The summed E-state index contributed by atoms with van der Waals surface area (Å²) >= 11 is 7.69. The fourth-order valence-corrected chi connectivity index (χ4v) is 7.35. The summed E-state index contributed by atoms with van der Waals surface area (Å²) < 4.78 is 64.2. The molecule has 27 heavy (non-hydrogen) atoms. The van der Waals surface area contributed by atoms with Crippen molar-refractivity contribution in [2.24, 2.45) is 7.05 Å². The third kappa shape index (κ3) is 8.35. The van der Waals surface area contributed by atoms with E-state index in [1.165, 1.54) is 33.7 Å². The Balaban J connectivity index is 0.000000321. The second-order valence-electron chi connectivity index (χ2n) is 5.69. The Morgan fingerprint density at radius 2 is 1.07 bits per heavy atom. The van der Waals surface area contributed by atoms with Gasteiger partial charge in [0.25, 0.3) is 0 Å². The number of hydrogen-bond donors (Lipinski definition) is 0. The van der Waals surface area contributed by atoms with Crippen molar-refractivity contribution in [3.63, 3.8) is 0 Å². The van der Waals surface area contributed by atoms with Gasteiger partial charge in [-0.2, -0.15) is 0 Å². The molecule has 0 bridgehead atoms. The molecular formula is C15H16F6NPS4. The zero-order valence-electron chi connectivity index (χ0n) is 14.6. The summed E-state index contributed by atoms with van der Waals surface area (Å²) in [6, 6.07) is 4.40. The fraction of sp³-hybridized carbons (Fsp3) is 0.267. The molecule has 0 aromatic carbocycles. The zero-order chi connectivity index (χ0) is 20.7. The van der Waals surface area contributed by atoms with E-state index in [1.54, 1.807) is 0 Å². The summed E-state index contributed by atoms with van der Waals surface area (Å²) in [7, 11) is -8.60. The first-order chi connectivity index (χ1) is 12.0. The number of pyridine rings is 1. The van der Waals surface area contributed by atoms with E-state index in [2.05, 4.69) is 56.9 Å². The predicted octanol–water partition coefficient (Wildman–Crippen LogP) is 8.92. The molecule has 12 heteroatoms. The van der Waals surface area contributed by atoms with Crippen LogP contribution < -0.4 is 4.57 Å². The van der Waals surface area contributed by atoms with Crippen LogP contribution in [0.25, 0.3) is 4.91 Å². The summed E-state index contributed by atoms with van der Waals surface area (Å²) in [4.78, 5) is 5.70. The molecule has 0 unspecified atom stereocenters. The summed E-state index contributed by atoms with van der Waals surface area (Å²) in [5.41, 5.74) is 1.32. The Morgan fingerprint density at radius 3 is 1.52 bits per heavy atom. The van der Waals surface area contributed by atoms with Gasteiger partial charge >= 0.3 is 33.0 Å². The molecular weight excluding hydrogens is 467 g/mol. The van der Waals surface area contributed by atoms with Crippen LogP contribution in [0.3, 0.4) is 0 Å². The van der Waals surface area contributed by atoms with Crippen molar-refractivity contribution in [3.05, 3.63) is 53.3 Å². The van der Waals surface area contributed by atoms with Crippen LogP contribution in [0.5, 0.6) is 0 Å². The molecule has 1 aromatic rings. The molecule has 0 radical (unpaired) electrons. The maximum atomic E-state index is 9.87. The van der Waals surface area contributed by atoms with Crippen LogP contribution in [0.15, 0.2) is 47.7 Å². The summed E-state index contributed by atoms with van der Waals surface area (Å²) in [5.74, 6) is 0. The van der Waals surface area contributed by atoms with Crippen molar-refractivity contribution in [1.29, 1.82) is 0 Å². The van der Waals surface area contributed by atoms with E-state index in [4.69, 9.17) is 0 Å². The number of rotatable bonds is 1. The van der Waals surface area contributed by atoms with Gasteiger partial charge in [0.1, 0.15) is 7.05 Å². The third-order valence-electron chi connectivity index (χ3n) is 3.16. The Bertz CT molecular complexity index is 829. The Labute approximate surface area is 170 Å². The van der Waals surface area contributed by atoms with Crippen LogP contribution in [0.2, 0.25) is 0 Å². The zero-order valence-corrected chi connectivity index (χ0v) is 18.8. The number of halogens is 6. The number of thioether (sulfide) groups is 4. The predicted molar refractivity (Wildman–Crippen MR) is 110 cm³/mol. The molecule has 0 atom stereocenters. The molecule has 0 saturated carbocycles. The van der Waals surface area contributed by atoms with E-state index in [0.29, 0.717) is 0 Å². The van der Waals surface area contributed by atoms with Crippen LogP contribution in [0, 0.1) is 0 Å². The van der Waals surface area contributed by atoms with E-state index >= 15 is 0 Å². The summed E-state index contributed by atoms with van der Waals surface area (Å²) in [6.07, 6.45) is 4.22. The number of nitrogens with zero attached hydrogens (tertiary/aromatic N) is 1. The van der Waals surface area contributed by atoms with Crippen molar-refractivity contribution in [2.45, 2.75) is 20.8 Å². The second kappa shape index (κ2) is 7.23. The molecule has 0 fully saturated rings. The van der Waals surface area contributed by atoms with Crippen LogP contribution in [0.1, 0.15) is 26.3 Å². The molecule has 0 amide bonds. The van der Waals surface area contributed by atoms with Gasteiger partial charge in [0.05, 0.1) is 8.47 Å². The van der Waals surface area contributed by atoms with Gasteiger partial charge in [-0.3, -0.25) is 0 Å². The Kier molecular flexibility index (Phi) is 6.18. The molecule has 152 valence electrons. The SMILES string of the molecule is CC1=C(C)SC(=C2SC(C)=C(c3cc[n+](C)cc3)S2)S1.F[P-](F)(F)(F)(F)F. The van der Waals surface area contributed by atoms with Crippen LogP contribution in [-0.4, -0.2) is 0 Å². The standard InChI is InChI=1S/C15H16NS4.F6P/c1-9-10(2)18-14(17-9)15-19-11(3)13(20-15)12-5-7-16(4)8-6-12;1-7(2,3,4,5)6/h5-8H,1-4H3;/q+1;-1. The van der Waals surface area contributed by atoms with E-state index in [1.807, 2.05) is 47.0 Å². The van der Waals surface area contributed by atoms with Crippen LogP contribution in [-0.2, 0) is 7.05 Å². The van der Waals surface area contributed by atoms with Crippen molar-refractivity contribution < 1.29 is 29.7 Å². The molecule has 1 nitrogen and oxygen atoms in total. The van der Waals surface area contributed by atoms with Crippen molar-refractivity contribution >= 4 is 59.8 Å². The molecule has 3 rings (SSSR count). The molecule has 3 heterocycles. The number of aryl methyl sites for hydroxylation is 1. The Hall–Kier alpha value is -0.220. The van der Waals surface area contributed by atoms with Gasteiger partial charge < -0.3 is 0 Å². The second-order valence-corrected chi connectivity index (χ2v) is 12.8. The molecule has 2 aliphatic heterocycles. The van der Waals surface area contributed by atoms with Gasteiger partial charge in [0.2, 0.25) is 0 Å². The normalized spacial score (nSPS) is 20.5. The first-order valence-electron chi connectivity index (χ1n) is 7.35. The van der Waals surface area contributed by atoms with E-state index < -0.39 is 7.81 Å². The summed E-state index contributed by atoms with van der Waals surface area (Å²) in [6.45, 7) is 6.65. The van der Waals surface area contributed by atoms with E-state index in [0.717, 1.165) is 0 Å².